The number of anilines is 2. The van der Waals surface area contributed by atoms with Gasteiger partial charge in [0.15, 0.2) is 0 Å². The minimum atomic E-state index is -0.182. The molecule has 0 atom stereocenters. The Bertz CT molecular complexity index is 1080. The van der Waals surface area contributed by atoms with Gasteiger partial charge in [-0.25, -0.2) is 9.78 Å². The SMILES string of the molecule is Cc1ccccc1CNC(=O)Cc1ccc(NC(=O)N2CCSc3ncccc32)cc1. The summed E-state index contributed by atoms with van der Waals surface area (Å²) in [6, 6.07) is 19.0. The van der Waals surface area contributed by atoms with Gasteiger partial charge in [0, 0.05) is 30.7 Å². The van der Waals surface area contributed by atoms with Crippen LogP contribution in [0, 0.1) is 6.92 Å². The van der Waals surface area contributed by atoms with Crippen LogP contribution in [0.3, 0.4) is 0 Å². The summed E-state index contributed by atoms with van der Waals surface area (Å²) < 4.78 is 0. The molecule has 4 rings (SSSR count). The molecule has 0 saturated carbocycles. The number of hydrogen-bond acceptors (Lipinski definition) is 4. The number of carbonyl (C=O) groups excluding carboxylic acids is 2. The lowest BCUT2D eigenvalue weighted by atomic mass is 10.1. The molecule has 158 valence electrons. The summed E-state index contributed by atoms with van der Waals surface area (Å²) in [5.41, 5.74) is 4.69. The number of carbonyl (C=O) groups is 2. The maximum absolute atomic E-state index is 12.8. The van der Waals surface area contributed by atoms with E-state index in [1.807, 2.05) is 67.6 Å². The number of amides is 3. The van der Waals surface area contributed by atoms with Gasteiger partial charge in [-0.1, -0.05) is 36.4 Å². The second-order valence-corrected chi connectivity index (χ2v) is 8.42. The Labute approximate surface area is 186 Å². The van der Waals surface area contributed by atoms with E-state index in [0.717, 1.165) is 33.2 Å². The van der Waals surface area contributed by atoms with Gasteiger partial charge in [-0.05, 0) is 47.9 Å². The van der Waals surface area contributed by atoms with Crippen LogP contribution in [0.2, 0.25) is 0 Å². The van der Waals surface area contributed by atoms with Gasteiger partial charge in [0.2, 0.25) is 5.91 Å². The summed E-state index contributed by atoms with van der Waals surface area (Å²) in [6.07, 6.45) is 2.03. The van der Waals surface area contributed by atoms with Gasteiger partial charge in [0.1, 0.15) is 5.03 Å². The third-order valence-corrected chi connectivity index (χ3v) is 6.12. The number of benzene rings is 2. The molecule has 0 bridgehead atoms. The molecule has 6 nitrogen and oxygen atoms in total. The predicted molar refractivity (Wildman–Crippen MR) is 124 cm³/mol. The number of urea groups is 1. The summed E-state index contributed by atoms with van der Waals surface area (Å²) in [7, 11) is 0. The van der Waals surface area contributed by atoms with Crippen molar-refractivity contribution in [3.8, 4) is 0 Å². The predicted octanol–water partition coefficient (Wildman–Crippen LogP) is 4.39. The lowest BCUT2D eigenvalue weighted by Crippen LogP contribution is -2.38. The molecule has 0 spiro atoms. The second-order valence-electron chi connectivity index (χ2n) is 7.33. The molecule has 2 heterocycles. The van der Waals surface area contributed by atoms with E-state index in [2.05, 4.69) is 15.6 Å². The van der Waals surface area contributed by atoms with E-state index in [1.54, 1.807) is 22.9 Å². The van der Waals surface area contributed by atoms with Gasteiger partial charge in [-0.15, -0.1) is 11.8 Å². The molecule has 2 N–H and O–H groups in total. The van der Waals surface area contributed by atoms with Crippen LogP contribution < -0.4 is 15.5 Å². The Kier molecular flexibility index (Phi) is 6.52. The van der Waals surface area contributed by atoms with Crippen molar-refractivity contribution in [2.75, 3.05) is 22.5 Å². The molecule has 31 heavy (non-hydrogen) atoms. The smallest absolute Gasteiger partial charge is 0.326 e. The molecule has 0 fully saturated rings. The third kappa shape index (κ3) is 5.24. The molecule has 0 saturated heterocycles. The lowest BCUT2D eigenvalue weighted by molar-refractivity contribution is -0.120. The Morgan fingerprint density at radius 3 is 2.68 bits per heavy atom. The molecule has 0 radical (unpaired) electrons. The van der Waals surface area contributed by atoms with Crippen molar-refractivity contribution in [1.82, 2.24) is 10.3 Å². The Balaban J connectivity index is 1.32. The zero-order valence-corrected chi connectivity index (χ0v) is 18.1. The standard InChI is InChI=1S/C24H24N4O2S/c1-17-5-2-3-6-19(17)16-26-22(29)15-18-8-10-20(11-9-18)27-24(30)28-13-14-31-23-21(28)7-4-12-25-23/h2-12H,13-16H2,1H3,(H,26,29)(H,27,30). The number of pyridine rings is 1. The zero-order valence-electron chi connectivity index (χ0n) is 17.3. The van der Waals surface area contributed by atoms with Gasteiger partial charge in [-0.2, -0.15) is 0 Å². The van der Waals surface area contributed by atoms with E-state index in [-0.39, 0.29) is 11.9 Å². The number of aromatic nitrogens is 1. The first-order valence-electron chi connectivity index (χ1n) is 10.2. The molecule has 2 aromatic carbocycles. The minimum Gasteiger partial charge on any atom is -0.352 e. The first kappa shape index (κ1) is 20.9. The molecular weight excluding hydrogens is 408 g/mol. The minimum absolute atomic E-state index is 0.0324. The van der Waals surface area contributed by atoms with E-state index in [4.69, 9.17) is 0 Å². The maximum Gasteiger partial charge on any atom is 0.326 e. The average Bonchev–Trinajstić information content (AvgIpc) is 2.79. The van der Waals surface area contributed by atoms with Crippen LogP contribution in [-0.4, -0.2) is 29.2 Å². The summed E-state index contributed by atoms with van der Waals surface area (Å²) in [6.45, 7) is 3.19. The summed E-state index contributed by atoms with van der Waals surface area (Å²) in [5.74, 6) is 0.781. The Hall–Kier alpha value is -3.32. The van der Waals surface area contributed by atoms with Crippen LogP contribution >= 0.6 is 11.8 Å². The molecule has 0 unspecified atom stereocenters. The largest absolute Gasteiger partial charge is 0.352 e. The highest BCUT2D eigenvalue weighted by atomic mass is 32.2. The van der Waals surface area contributed by atoms with Crippen molar-refractivity contribution in [2.24, 2.45) is 0 Å². The molecule has 1 aliphatic heterocycles. The van der Waals surface area contributed by atoms with Gasteiger partial charge in [0.05, 0.1) is 12.1 Å². The number of thioether (sulfide) groups is 1. The van der Waals surface area contributed by atoms with E-state index >= 15 is 0 Å². The highest BCUT2D eigenvalue weighted by Crippen LogP contribution is 2.32. The number of nitrogens with one attached hydrogen (secondary N) is 2. The maximum atomic E-state index is 12.8. The van der Waals surface area contributed by atoms with E-state index in [9.17, 15) is 9.59 Å². The van der Waals surface area contributed by atoms with Crippen molar-refractivity contribution in [2.45, 2.75) is 24.9 Å². The zero-order chi connectivity index (χ0) is 21.6. The molecule has 3 aromatic rings. The molecule has 1 aromatic heterocycles. The fourth-order valence-electron chi connectivity index (χ4n) is 3.41. The third-order valence-electron chi connectivity index (χ3n) is 5.15. The number of hydrogen-bond donors (Lipinski definition) is 2. The van der Waals surface area contributed by atoms with Gasteiger partial charge in [0.25, 0.3) is 0 Å². The van der Waals surface area contributed by atoms with E-state index < -0.39 is 0 Å². The van der Waals surface area contributed by atoms with Crippen LogP contribution in [0.5, 0.6) is 0 Å². The van der Waals surface area contributed by atoms with Gasteiger partial charge >= 0.3 is 6.03 Å². The average molecular weight is 433 g/mol. The molecule has 3 amide bonds. The number of rotatable bonds is 5. The topological polar surface area (TPSA) is 74.3 Å². The van der Waals surface area contributed by atoms with Crippen LogP contribution in [0.15, 0.2) is 71.9 Å². The lowest BCUT2D eigenvalue weighted by Gasteiger charge is -2.28. The second kappa shape index (κ2) is 9.66. The van der Waals surface area contributed by atoms with E-state index in [0.29, 0.717) is 25.2 Å². The molecule has 0 aliphatic carbocycles. The molecule has 1 aliphatic rings. The van der Waals surface area contributed by atoms with E-state index in [1.165, 1.54) is 0 Å². The number of aryl methyl sites for hydroxylation is 1. The van der Waals surface area contributed by atoms with Gasteiger partial charge < -0.3 is 10.6 Å². The summed E-state index contributed by atoms with van der Waals surface area (Å²) in [5, 5.41) is 6.77. The van der Waals surface area contributed by atoms with Crippen LogP contribution in [0.25, 0.3) is 0 Å². The fraction of sp³-hybridized carbons (Fsp3) is 0.208. The van der Waals surface area contributed by atoms with Crippen molar-refractivity contribution < 1.29 is 9.59 Å². The highest BCUT2D eigenvalue weighted by molar-refractivity contribution is 7.99. The van der Waals surface area contributed by atoms with Crippen molar-refractivity contribution in [3.63, 3.8) is 0 Å². The monoisotopic (exact) mass is 432 g/mol. The van der Waals surface area contributed by atoms with Gasteiger partial charge in [-0.3, -0.25) is 9.69 Å². The van der Waals surface area contributed by atoms with Crippen LogP contribution in [0.1, 0.15) is 16.7 Å². The quantitative estimate of drug-likeness (QED) is 0.627. The summed E-state index contributed by atoms with van der Waals surface area (Å²) >= 11 is 1.66. The van der Waals surface area contributed by atoms with Crippen molar-refractivity contribution in [3.05, 3.63) is 83.6 Å². The van der Waals surface area contributed by atoms with Crippen molar-refractivity contribution >= 4 is 35.1 Å². The van der Waals surface area contributed by atoms with Crippen molar-refractivity contribution in [1.29, 1.82) is 0 Å². The highest BCUT2D eigenvalue weighted by Gasteiger charge is 2.23. The first-order chi connectivity index (χ1) is 15.1. The Morgan fingerprint density at radius 2 is 1.87 bits per heavy atom. The van der Waals surface area contributed by atoms with Crippen LogP contribution in [-0.2, 0) is 17.8 Å². The molecule has 7 heteroatoms. The normalized spacial score (nSPS) is 12.7. The fourth-order valence-corrected chi connectivity index (χ4v) is 4.34. The molecular formula is C24H24N4O2S. The first-order valence-corrected chi connectivity index (χ1v) is 11.2. The number of fused-ring (bicyclic) bond motifs is 1. The van der Waals surface area contributed by atoms with Crippen LogP contribution in [0.4, 0.5) is 16.2 Å². The number of nitrogens with zero attached hydrogens (tertiary/aromatic N) is 2. The summed E-state index contributed by atoms with van der Waals surface area (Å²) in [4.78, 5) is 31.1. The Morgan fingerprint density at radius 1 is 1.06 bits per heavy atom.